The number of nitrogens with zero attached hydrogens (tertiary/aromatic N) is 1. The zero-order chi connectivity index (χ0) is 22.1. The second-order valence-corrected chi connectivity index (χ2v) is 7.98. The van der Waals surface area contributed by atoms with Gasteiger partial charge in [-0.15, -0.1) is 0 Å². The van der Waals surface area contributed by atoms with E-state index in [4.69, 9.17) is 0 Å². The molecule has 0 radical (unpaired) electrons. The SMILES string of the molecule is CCCNC(=O)[C@@H](C)N(Cc1ccccc1F)C(=O)CCc1ccc(C(C)C)cc1. The Hall–Kier alpha value is -2.69. The summed E-state index contributed by atoms with van der Waals surface area (Å²) in [6, 6.07) is 14.0. The third kappa shape index (κ3) is 6.68. The van der Waals surface area contributed by atoms with Gasteiger partial charge in [-0.3, -0.25) is 9.59 Å². The Morgan fingerprint density at radius 1 is 1.03 bits per heavy atom. The summed E-state index contributed by atoms with van der Waals surface area (Å²) in [7, 11) is 0. The van der Waals surface area contributed by atoms with Gasteiger partial charge >= 0.3 is 0 Å². The number of carbonyl (C=O) groups excluding carboxylic acids is 2. The van der Waals surface area contributed by atoms with Gasteiger partial charge in [0.1, 0.15) is 11.9 Å². The predicted molar refractivity (Wildman–Crippen MR) is 119 cm³/mol. The topological polar surface area (TPSA) is 49.4 Å². The highest BCUT2D eigenvalue weighted by atomic mass is 19.1. The van der Waals surface area contributed by atoms with Gasteiger partial charge < -0.3 is 10.2 Å². The van der Waals surface area contributed by atoms with Crippen LogP contribution in [0.3, 0.4) is 0 Å². The standard InChI is InChI=1S/C25H33FN2O2/c1-5-16-27-25(30)19(4)28(17-22-8-6-7-9-23(22)26)24(29)15-12-20-10-13-21(14-11-20)18(2)3/h6-11,13-14,18-19H,5,12,15-17H2,1-4H3,(H,27,30)/t19-/m1/s1. The fourth-order valence-electron chi connectivity index (χ4n) is 3.25. The number of amides is 2. The summed E-state index contributed by atoms with van der Waals surface area (Å²) in [6.07, 6.45) is 1.65. The summed E-state index contributed by atoms with van der Waals surface area (Å²) in [5, 5.41) is 2.83. The second-order valence-electron chi connectivity index (χ2n) is 7.98. The first kappa shape index (κ1) is 23.6. The highest BCUT2D eigenvalue weighted by molar-refractivity contribution is 5.87. The molecule has 2 aromatic rings. The summed E-state index contributed by atoms with van der Waals surface area (Å²) < 4.78 is 14.2. The van der Waals surface area contributed by atoms with E-state index in [1.165, 1.54) is 16.5 Å². The average molecular weight is 413 g/mol. The minimum Gasteiger partial charge on any atom is -0.354 e. The summed E-state index contributed by atoms with van der Waals surface area (Å²) >= 11 is 0. The molecule has 0 fully saturated rings. The van der Waals surface area contributed by atoms with Gasteiger partial charge in [-0.1, -0.05) is 63.2 Å². The Kier molecular flexibility index (Phi) is 9.03. The van der Waals surface area contributed by atoms with E-state index in [1.54, 1.807) is 25.1 Å². The van der Waals surface area contributed by atoms with Crippen LogP contribution in [-0.4, -0.2) is 29.3 Å². The van der Waals surface area contributed by atoms with Crippen molar-refractivity contribution in [1.82, 2.24) is 10.2 Å². The third-order valence-corrected chi connectivity index (χ3v) is 5.29. The first-order chi connectivity index (χ1) is 14.3. The maximum absolute atomic E-state index is 14.2. The van der Waals surface area contributed by atoms with Gasteiger partial charge in [0.15, 0.2) is 0 Å². The van der Waals surface area contributed by atoms with E-state index in [2.05, 4.69) is 31.3 Å². The molecule has 0 heterocycles. The Labute approximate surface area is 179 Å². The minimum atomic E-state index is -0.674. The fraction of sp³-hybridized carbons (Fsp3) is 0.440. The summed E-state index contributed by atoms with van der Waals surface area (Å²) in [5.41, 5.74) is 2.73. The molecule has 1 N–H and O–H groups in total. The molecule has 0 aliphatic carbocycles. The van der Waals surface area contributed by atoms with Crippen molar-refractivity contribution < 1.29 is 14.0 Å². The van der Waals surface area contributed by atoms with Gasteiger partial charge in [0, 0.05) is 25.1 Å². The van der Waals surface area contributed by atoms with Crippen molar-refractivity contribution in [2.24, 2.45) is 0 Å². The van der Waals surface area contributed by atoms with Crippen LogP contribution in [0.5, 0.6) is 0 Å². The van der Waals surface area contributed by atoms with Gasteiger partial charge in [0.2, 0.25) is 11.8 Å². The Morgan fingerprint density at radius 3 is 2.30 bits per heavy atom. The number of benzene rings is 2. The van der Waals surface area contributed by atoms with Crippen LogP contribution < -0.4 is 5.32 Å². The number of nitrogens with one attached hydrogen (secondary N) is 1. The van der Waals surface area contributed by atoms with E-state index < -0.39 is 6.04 Å². The second kappa shape index (κ2) is 11.5. The van der Waals surface area contributed by atoms with E-state index >= 15 is 0 Å². The summed E-state index contributed by atoms with van der Waals surface area (Å²) in [4.78, 5) is 27.0. The van der Waals surface area contributed by atoms with Crippen molar-refractivity contribution in [3.63, 3.8) is 0 Å². The highest BCUT2D eigenvalue weighted by Gasteiger charge is 2.26. The number of aryl methyl sites for hydroxylation is 1. The van der Waals surface area contributed by atoms with Crippen LogP contribution >= 0.6 is 0 Å². The highest BCUT2D eigenvalue weighted by Crippen LogP contribution is 2.18. The first-order valence-electron chi connectivity index (χ1n) is 10.7. The normalized spacial score (nSPS) is 11.9. The fourth-order valence-corrected chi connectivity index (χ4v) is 3.25. The lowest BCUT2D eigenvalue weighted by Crippen LogP contribution is -2.47. The molecule has 0 unspecified atom stereocenters. The molecule has 2 rings (SSSR count). The molecule has 0 aliphatic heterocycles. The van der Waals surface area contributed by atoms with Crippen molar-refractivity contribution in [3.05, 3.63) is 71.0 Å². The molecule has 2 amide bonds. The van der Waals surface area contributed by atoms with Crippen molar-refractivity contribution >= 4 is 11.8 Å². The maximum atomic E-state index is 14.2. The molecule has 1 atom stereocenters. The molecular weight excluding hydrogens is 379 g/mol. The molecule has 2 aromatic carbocycles. The van der Waals surface area contributed by atoms with Crippen molar-refractivity contribution in [2.75, 3.05) is 6.54 Å². The molecule has 30 heavy (non-hydrogen) atoms. The minimum absolute atomic E-state index is 0.0680. The quantitative estimate of drug-likeness (QED) is 0.608. The van der Waals surface area contributed by atoms with Crippen molar-refractivity contribution in [1.29, 1.82) is 0 Å². The Morgan fingerprint density at radius 2 is 1.70 bits per heavy atom. The number of carbonyl (C=O) groups is 2. The van der Waals surface area contributed by atoms with Crippen LogP contribution in [-0.2, 0) is 22.6 Å². The monoisotopic (exact) mass is 412 g/mol. The Balaban J connectivity index is 2.12. The smallest absolute Gasteiger partial charge is 0.242 e. The molecule has 0 bridgehead atoms. The molecule has 5 heteroatoms. The van der Waals surface area contributed by atoms with Crippen LogP contribution in [0.25, 0.3) is 0 Å². The average Bonchev–Trinajstić information content (AvgIpc) is 2.75. The molecule has 0 spiro atoms. The molecule has 4 nitrogen and oxygen atoms in total. The zero-order valence-corrected chi connectivity index (χ0v) is 18.5. The van der Waals surface area contributed by atoms with Gasteiger partial charge in [0.05, 0.1) is 0 Å². The van der Waals surface area contributed by atoms with Crippen molar-refractivity contribution in [3.8, 4) is 0 Å². The van der Waals surface area contributed by atoms with Gasteiger partial charge in [-0.25, -0.2) is 4.39 Å². The van der Waals surface area contributed by atoms with Gasteiger partial charge in [0.25, 0.3) is 0 Å². The van der Waals surface area contributed by atoms with Crippen molar-refractivity contribution in [2.45, 2.75) is 65.5 Å². The third-order valence-electron chi connectivity index (χ3n) is 5.29. The Bertz CT molecular complexity index is 833. The van der Waals surface area contributed by atoms with Gasteiger partial charge in [-0.2, -0.15) is 0 Å². The lowest BCUT2D eigenvalue weighted by atomic mass is 10.00. The van der Waals surface area contributed by atoms with E-state index in [-0.39, 0.29) is 30.6 Å². The molecular formula is C25H33FN2O2. The van der Waals surface area contributed by atoms with Gasteiger partial charge in [-0.05, 0) is 42.9 Å². The molecule has 0 saturated heterocycles. The van der Waals surface area contributed by atoms with Crippen LogP contribution in [0.15, 0.2) is 48.5 Å². The largest absolute Gasteiger partial charge is 0.354 e. The van der Waals surface area contributed by atoms with E-state index in [9.17, 15) is 14.0 Å². The van der Waals surface area contributed by atoms with Crippen LogP contribution in [0.4, 0.5) is 4.39 Å². The zero-order valence-electron chi connectivity index (χ0n) is 18.5. The first-order valence-corrected chi connectivity index (χ1v) is 10.7. The van der Waals surface area contributed by atoms with Crippen LogP contribution in [0.1, 0.15) is 63.1 Å². The summed E-state index contributed by atoms with van der Waals surface area (Å²) in [5.74, 6) is -0.298. The lowest BCUT2D eigenvalue weighted by molar-refractivity contribution is -0.140. The number of rotatable bonds is 10. The molecule has 162 valence electrons. The van der Waals surface area contributed by atoms with E-state index in [0.717, 1.165) is 12.0 Å². The summed E-state index contributed by atoms with van der Waals surface area (Å²) in [6.45, 7) is 8.57. The molecule has 0 saturated carbocycles. The lowest BCUT2D eigenvalue weighted by Gasteiger charge is -2.29. The number of hydrogen-bond donors (Lipinski definition) is 1. The van der Waals surface area contributed by atoms with E-state index in [0.29, 0.717) is 24.4 Å². The van der Waals surface area contributed by atoms with Crippen LogP contribution in [0, 0.1) is 5.82 Å². The predicted octanol–water partition coefficient (Wildman–Crippen LogP) is 4.83. The number of halogens is 1. The molecule has 0 aromatic heterocycles. The van der Waals surface area contributed by atoms with E-state index in [1.807, 2.05) is 19.1 Å². The van der Waals surface area contributed by atoms with Crippen LogP contribution in [0.2, 0.25) is 0 Å². The number of hydrogen-bond acceptors (Lipinski definition) is 2. The molecule has 0 aliphatic rings. The maximum Gasteiger partial charge on any atom is 0.242 e.